The van der Waals surface area contributed by atoms with Crippen LogP contribution in [0.4, 0.5) is 11.5 Å². The Morgan fingerprint density at radius 2 is 2.00 bits per heavy atom. The highest BCUT2D eigenvalue weighted by atomic mass is 35.5. The molecule has 1 aromatic heterocycles. The van der Waals surface area contributed by atoms with Crippen molar-refractivity contribution in [3.05, 3.63) is 23.4 Å². The summed E-state index contributed by atoms with van der Waals surface area (Å²) in [5.74, 6) is 0.719. The Balaban J connectivity index is 2.45. The molecule has 5 heteroatoms. The van der Waals surface area contributed by atoms with Gasteiger partial charge in [0.05, 0.1) is 11.2 Å². The first-order chi connectivity index (χ1) is 8.37. The highest BCUT2D eigenvalue weighted by molar-refractivity contribution is 6.36. The summed E-state index contributed by atoms with van der Waals surface area (Å²) in [4.78, 5) is 0. The van der Waals surface area contributed by atoms with E-state index in [1.54, 1.807) is 12.3 Å². The number of anilines is 2. The second-order valence-electron chi connectivity index (χ2n) is 5.57. The van der Waals surface area contributed by atoms with Crippen molar-refractivity contribution >= 4 is 33.9 Å². The number of rotatable bonds is 2. The summed E-state index contributed by atoms with van der Waals surface area (Å²) in [6.45, 7) is 7.26. The number of halogens is 1. The molecule has 0 aliphatic heterocycles. The molecule has 1 heterocycles. The molecule has 0 spiro atoms. The normalized spacial score (nSPS) is 11.8. The second kappa shape index (κ2) is 4.61. The predicted octanol–water partition coefficient (Wildman–Crippen LogP) is 3.32. The lowest BCUT2D eigenvalue weighted by molar-refractivity contribution is 0.442. The van der Waals surface area contributed by atoms with Crippen LogP contribution in [0.5, 0.6) is 0 Å². The summed E-state index contributed by atoms with van der Waals surface area (Å²) >= 11 is 6.15. The molecule has 1 aromatic carbocycles. The Labute approximate surface area is 112 Å². The molecule has 3 N–H and O–H groups in total. The number of hydrogen-bond acceptors (Lipinski definition) is 4. The Kier molecular flexibility index (Phi) is 3.30. The molecular formula is C13H17ClN4. The van der Waals surface area contributed by atoms with Gasteiger partial charge in [-0.1, -0.05) is 32.4 Å². The van der Waals surface area contributed by atoms with Crippen molar-refractivity contribution in [1.29, 1.82) is 0 Å². The van der Waals surface area contributed by atoms with E-state index in [0.717, 1.165) is 23.1 Å². The fourth-order valence-corrected chi connectivity index (χ4v) is 1.92. The van der Waals surface area contributed by atoms with Gasteiger partial charge < -0.3 is 11.1 Å². The molecule has 0 amide bonds. The van der Waals surface area contributed by atoms with Gasteiger partial charge in [0.15, 0.2) is 5.82 Å². The minimum atomic E-state index is 0.161. The Hall–Kier alpha value is -1.55. The van der Waals surface area contributed by atoms with Gasteiger partial charge in [0.1, 0.15) is 0 Å². The highest BCUT2D eigenvalue weighted by Crippen LogP contribution is 2.30. The summed E-state index contributed by atoms with van der Waals surface area (Å²) in [5.41, 5.74) is 6.60. The van der Waals surface area contributed by atoms with E-state index in [2.05, 4.69) is 36.3 Å². The van der Waals surface area contributed by atoms with Crippen molar-refractivity contribution in [2.75, 3.05) is 17.6 Å². The zero-order valence-electron chi connectivity index (χ0n) is 10.8. The van der Waals surface area contributed by atoms with Crippen molar-refractivity contribution in [3.8, 4) is 0 Å². The number of aromatic nitrogens is 2. The summed E-state index contributed by atoms with van der Waals surface area (Å²) in [7, 11) is 0. The van der Waals surface area contributed by atoms with Crippen molar-refractivity contribution in [2.45, 2.75) is 20.8 Å². The summed E-state index contributed by atoms with van der Waals surface area (Å²) in [6, 6.07) is 3.58. The van der Waals surface area contributed by atoms with Crippen molar-refractivity contribution in [1.82, 2.24) is 10.2 Å². The first-order valence-electron chi connectivity index (χ1n) is 5.81. The minimum absolute atomic E-state index is 0.161. The van der Waals surface area contributed by atoms with Gasteiger partial charge in [-0.05, 0) is 17.5 Å². The second-order valence-corrected chi connectivity index (χ2v) is 5.98. The van der Waals surface area contributed by atoms with Gasteiger partial charge in [-0.2, -0.15) is 5.10 Å². The predicted molar refractivity (Wildman–Crippen MR) is 76.9 cm³/mol. The molecule has 2 aromatic rings. The van der Waals surface area contributed by atoms with Crippen LogP contribution in [0.15, 0.2) is 18.3 Å². The van der Waals surface area contributed by atoms with E-state index in [1.165, 1.54) is 0 Å². The van der Waals surface area contributed by atoms with Crippen LogP contribution in [0.2, 0.25) is 5.02 Å². The van der Waals surface area contributed by atoms with E-state index in [9.17, 15) is 0 Å². The van der Waals surface area contributed by atoms with Crippen LogP contribution < -0.4 is 11.1 Å². The zero-order valence-corrected chi connectivity index (χ0v) is 11.5. The first-order valence-corrected chi connectivity index (χ1v) is 6.19. The molecule has 0 saturated carbocycles. The summed E-state index contributed by atoms with van der Waals surface area (Å²) in [5, 5.41) is 13.7. The molecular weight excluding hydrogens is 248 g/mol. The van der Waals surface area contributed by atoms with Gasteiger partial charge >= 0.3 is 0 Å². The molecule has 0 saturated heterocycles. The number of nitrogens with zero attached hydrogens (tertiary/aromatic N) is 2. The molecule has 0 fully saturated rings. The fourth-order valence-electron chi connectivity index (χ4n) is 1.64. The maximum absolute atomic E-state index is 6.15. The molecule has 0 bridgehead atoms. The number of benzene rings is 1. The molecule has 0 aliphatic carbocycles. The van der Waals surface area contributed by atoms with Crippen molar-refractivity contribution in [2.24, 2.45) is 5.41 Å². The standard InChI is InChI=1S/C13H17ClN4/c1-13(2,3)7-16-12-9-4-8(15)5-11(14)10(9)6-17-18-12/h4-6H,7,15H2,1-3H3,(H,16,18). The number of nitrogens with two attached hydrogens (primary N) is 1. The topological polar surface area (TPSA) is 63.8 Å². The highest BCUT2D eigenvalue weighted by Gasteiger charge is 2.12. The smallest absolute Gasteiger partial charge is 0.156 e. The third-order valence-corrected chi connectivity index (χ3v) is 2.85. The SMILES string of the molecule is CC(C)(C)CNc1nncc2c(Cl)cc(N)cc12. The average molecular weight is 265 g/mol. The van der Waals surface area contributed by atoms with Crippen LogP contribution >= 0.6 is 11.6 Å². The molecule has 0 aliphatic rings. The van der Waals surface area contributed by atoms with Crippen LogP contribution in [-0.4, -0.2) is 16.7 Å². The monoisotopic (exact) mass is 264 g/mol. The van der Waals surface area contributed by atoms with E-state index in [4.69, 9.17) is 17.3 Å². The van der Waals surface area contributed by atoms with Crippen molar-refractivity contribution in [3.63, 3.8) is 0 Å². The van der Waals surface area contributed by atoms with E-state index in [-0.39, 0.29) is 5.41 Å². The number of nitrogen functional groups attached to an aromatic ring is 1. The molecule has 2 rings (SSSR count). The lowest BCUT2D eigenvalue weighted by Crippen LogP contribution is -2.19. The molecule has 0 unspecified atom stereocenters. The largest absolute Gasteiger partial charge is 0.399 e. The molecule has 4 nitrogen and oxygen atoms in total. The van der Waals surface area contributed by atoms with E-state index in [1.807, 2.05) is 6.07 Å². The lowest BCUT2D eigenvalue weighted by atomic mass is 9.97. The fraction of sp³-hybridized carbons (Fsp3) is 0.385. The maximum atomic E-state index is 6.15. The maximum Gasteiger partial charge on any atom is 0.156 e. The van der Waals surface area contributed by atoms with Crippen molar-refractivity contribution < 1.29 is 0 Å². The van der Waals surface area contributed by atoms with Gasteiger partial charge in [-0.3, -0.25) is 0 Å². The van der Waals surface area contributed by atoms with E-state index < -0.39 is 0 Å². The Morgan fingerprint density at radius 1 is 1.28 bits per heavy atom. The molecule has 96 valence electrons. The Morgan fingerprint density at radius 3 is 2.67 bits per heavy atom. The molecule has 0 atom stereocenters. The van der Waals surface area contributed by atoms with E-state index in [0.29, 0.717) is 10.7 Å². The van der Waals surface area contributed by atoms with Crippen LogP contribution in [0.25, 0.3) is 10.8 Å². The number of nitrogens with one attached hydrogen (secondary N) is 1. The van der Waals surface area contributed by atoms with Crippen LogP contribution in [0.1, 0.15) is 20.8 Å². The van der Waals surface area contributed by atoms with Crippen LogP contribution in [0, 0.1) is 5.41 Å². The lowest BCUT2D eigenvalue weighted by Gasteiger charge is -2.19. The number of hydrogen-bond donors (Lipinski definition) is 2. The third-order valence-electron chi connectivity index (χ3n) is 2.54. The third kappa shape index (κ3) is 2.82. The minimum Gasteiger partial charge on any atom is -0.399 e. The number of fused-ring (bicyclic) bond motifs is 1. The van der Waals surface area contributed by atoms with Gasteiger partial charge in [-0.25, -0.2) is 0 Å². The van der Waals surface area contributed by atoms with Gasteiger partial charge in [-0.15, -0.1) is 5.10 Å². The first kappa shape index (κ1) is 12.9. The van der Waals surface area contributed by atoms with Gasteiger partial charge in [0.25, 0.3) is 0 Å². The summed E-state index contributed by atoms with van der Waals surface area (Å²) in [6.07, 6.45) is 1.65. The van der Waals surface area contributed by atoms with Gasteiger partial charge in [0, 0.05) is 23.0 Å². The quantitative estimate of drug-likeness (QED) is 0.817. The van der Waals surface area contributed by atoms with E-state index >= 15 is 0 Å². The van der Waals surface area contributed by atoms with Gasteiger partial charge in [0.2, 0.25) is 0 Å². The average Bonchev–Trinajstić information content (AvgIpc) is 2.25. The van der Waals surface area contributed by atoms with Crippen LogP contribution in [-0.2, 0) is 0 Å². The molecule has 0 radical (unpaired) electrons. The zero-order chi connectivity index (χ0) is 13.3. The van der Waals surface area contributed by atoms with Crippen LogP contribution in [0.3, 0.4) is 0 Å². The Bertz CT molecular complexity index is 575. The summed E-state index contributed by atoms with van der Waals surface area (Å²) < 4.78 is 0. The molecule has 18 heavy (non-hydrogen) atoms.